The number of carbonyl (C=O) groups excluding carboxylic acids is 3. The molecule has 12 rings (SSSR count). The molecule has 7 aromatic rings. The third-order valence-corrected chi connectivity index (χ3v) is 15.9. The molecule has 25 heteroatoms. The molecule has 454 valence electrons. The summed E-state index contributed by atoms with van der Waals surface area (Å²) in [5.41, 5.74) is 14.3. The van der Waals surface area contributed by atoms with E-state index in [1.165, 1.54) is 18.1 Å². The molecular formula is C61H70Cl4FN15O5. The van der Waals surface area contributed by atoms with Crippen LogP contribution in [0, 0.1) is 34.6 Å². The molecule has 2 amide bonds. The fourth-order valence-corrected chi connectivity index (χ4v) is 11.7. The molecule has 0 saturated carbocycles. The van der Waals surface area contributed by atoms with Crippen molar-refractivity contribution >= 4 is 76.1 Å². The maximum absolute atomic E-state index is 13.6. The summed E-state index contributed by atoms with van der Waals surface area (Å²) in [7, 11) is 0. The Morgan fingerprint density at radius 2 is 1.21 bits per heavy atom. The lowest BCUT2D eigenvalue weighted by Gasteiger charge is -2.39. The Bertz CT molecular complexity index is 3500. The average Bonchev–Trinajstić information content (AvgIpc) is 2.62. The maximum atomic E-state index is 13.6. The number of likely N-dealkylation sites (tertiary alicyclic amines) is 2. The SMILES string of the molecule is Cc1cc(-c2ncn(C3CCCCO3)n2)cc(CC(=O)C2CCC(=O)N2C2CCN(Cc3ccc(Cl)c(C)c3)CC2)n1.Cc1cc(-c2ncn(C3CCCCO3)n2)cc(Cl)n1.Cc1cc(C(N)=O)cc(Cl)n1.Cc1cc(C2=NCC=N2)cc(Cl)n1.F. The second kappa shape index (κ2) is 30.6. The van der Waals surface area contributed by atoms with E-state index in [1.807, 2.05) is 62.9 Å². The molecule has 5 aliphatic rings. The lowest BCUT2D eigenvalue weighted by molar-refractivity contribution is -0.137. The molecule has 20 nitrogen and oxygen atoms in total. The summed E-state index contributed by atoms with van der Waals surface area (Å²) in [5.74, 6) is 1.66. The van der Waals surface area contributed by atoms with E-state index in [0.29, 0.717) is 63.4 Å². The van der Waals surface area contributed by atoms with Gasteiger partial charge in [0.1, 0.15) is 28.1 Å². The van der Waals surface area contributed by atoms with Crippen molar-refractivity contribution in [2.24, 2.45) is 15.7 Å². The normalized spacial score (nSPS) is 18.6. The van der Waals surface area contributed by atoms with E-state index in [1.54, 1.807) is 53.4 Å². The van der Waals surface area contributed by atoms with Gasteiger partial charge in [0.25, 0.3) is 0 Å². The first-order valence-electron chi connectivity index (χ1n) is 28.6. The highest BCUT2D eigenvalue weighted by molar-refractivity contribution is 6.31. The zero-order valence-electron chi connectivity index (χ0n) is 48.7. The van der Waals surface area contributed by atoms with Crippen LogP contribution in [-0.2, 0) is 32.0 Å². The molecule has 0 spiro atoms. The number of pyridine rings is 4. The molecule has 5 aliphatic heterocycles. The van der Waals surface area contributed by atoms with Crippen LogP contribution in [-0.4, -0.2) is 134 Å². The minimum Gasteiger partial charge on any atom is -0.366 e. The van der Waals surface area contributed by atoms with E-state index in [0.717, 1.165) is 128 Å². The van der Waals surface area contributed by atoms with Crippen molar-refractivity contribution in [3.8, 4) is 22.8 Å². The van der Waals surface area contributed by atoms with Gasteiger partial charge in [-0.25, -0.2) is 39.3 Å². The highest BCUT2D eigenvalue weighted by atomic mass is 35.5. The molecule has 2 N–H and O–H groups in total. The summed E-state index contributed by atoms with van der Waals surface area (Å²) >= 11 is 23.5. The van der Waals surface area contributed by atoms with E-state index in [-0.39, 0.29) is 47.4 Å². The van der Waals surface area contributed by atoms with Gasteiger partial charge in [0.15, 0.2) is 35.7 Å². The number of aromatic nitrogens is 10. The molecule has 0 aliphatic carbocycles. The molecule has 86 heavy (non-hydrogen) atoms. The molecular weight excluding hydrogens is 1180 g/mol. The number of ketones is 1. The largest absolute Gasteiger partial charge is 0.366 e. The zero-order chi connectivity index (χ0) is 60.1. The number of primary amides is 1. The van der Waals surface area contributed by atoms with E-state index < -0.39 is 5.91 Å². The van der Waals surface area contributed by atoms with Gasteiger partial charge in [-0.05, 0) is 158 Å². The Morgan fingerprint density at radius 3 is 1.74 bits per heavy atom. The van der Waals surface area contributed by atoms with E-state index in [4.69, 9.17) is 61.6 Å². The van der Waals surface area contributed by atoms with Gasteiger partial charge in [0.2, 0.25) is 11.8 Å². The molecule has 4 fully saturated rings. The zero-order valence-corrected chi connectivity index (χ0v) is 51.7. The van der Waals surface area contributed by atoms with Crippen molar-refractivity contribution < 1.29 is 28.6 Å². The van der Waals surface area contributed by atoms with Crippen LogP contribution in [0.1, 0.15) is 132 Å². The van der Waals surface area contributed by atoms with Crippen molar-refractivity contribution in [1.82, 2.24) is 59.3 Å². The molecule has 3 atom stereocenters. The minimum atomic E-state index is -0.489. The number of nitrogens with zero attached hydrogens (tertiary/aromatic N) is 14. The van der Waals surface area contributed by atoms with Crippen LogP contribution >= 0.6 is 46.4 Å². The third kappa shape index (κ3) is 17.8. The van der Waals surface area contributed by atoms with Crippen LogP contribution in [0.3, 0.4) is 0 Å². The Kier molecular flexibility index (Phi) is 23.1. The van der Waals surface area contributed by atoms with Crippen LogP contribution in [0.4, 0.5) is 4.70 Å². The van der Waals surface area contributed by atoms with Gasteiger partial charge in [-0.15, -0.1) is 10.2 Å². The number of rotatable bonds is 12. The first kappa shape index (κ1) is 65.0. The molecule has 11 heterocycles. The lowest BCUT2D eigenvalue weighted by atomic mass is 9.98. The van der Waals surface area contributed by atoms with Crippen molar-refractivity contribution in [2.75, 3.05) is 32.8 Å². The number of hydrogen-bond acceptors (Lipinski definition) is 16. The van der Waals surface area contributed by atoms with Gasteiger partial charge in [0, 0.05) is 107 Å². The molecule has 1 aromatic carbocycles. The van der Waals surface area contributed by atoms with Gasteiger partial charge in [-0.1, -0.05) is 58.5 Å². The predicted octanol–water partition coefficient (Wildman–Crippen LogP) is 11.2. The summed E-state index contributed by atoms with van der Waals surface area (Å²) in [5, 5.41) is 11.2. The van der Waals surface area contributed by atoms with Crippen molar-refractivity contribution in [3.63, 3.8) is 0 Å². The summed E-state index contributed by atoms with van der Waals surface area (Å²) in [4.78, 5) is 75.5. The van der Waals surface area contributed by atoms with Gasteiger partial charge in [0.05, 0.1) is 19.0 Å². The highest BCUT2D eigenvalue weighted by Gasteiger charge is 2.41. The second-order valence-corrected chi connectivity index (χ2v) is 23.2. The van der Waals surface area contributed by atoms with Crippen LogP contribution < -0.4 is 5.73 Å². The fourth-order valence-electron chi connectivity index (χ4n) is 10.9. The summed E-state index contributed by atoms with van der Waals surface area (Å²) in [6, 6.07) is 20.2. The molecule has 0 bridgehead atoms. The summed E-state index contributed by atoms with van der Waals surface area (Å²) in [6.45, 7) is 14.3. The third-order valence-electron chi connectivity index (χ3n) is 14.8. The monoisotopic (exact) mass is 1250 g/mol. The molecule has 3 unspecified atom stereocenters. The van der Waals surface area contributed by atoms with Gasteiger partial charge >= 0.3 is 0 Å². The molecule has 0 radical (unpaired) electrons. The van der Waals surface area contributed by atoms with Gasteiger partial charge < -0.3 is 20.1 Å². The van der Waals surface area contributed by atoms with Crippen LogP contribution in [0.25, 0.3) is 22.8 Å². The number of Topliss-reactive ketones (excluding diaryl/α,β-unsaturated/α-hetero) is 1. The number of nitrogens with two attached hydrogens (primary N) is 1. The van der Waals surface area contributed by atoms with Crippen molar-refractivity contribution in [1.29, 1.82) is 0 Å². The number of ether oxygens (including phenoxy) is 2. The van der Waals surface area contributed by atoms with Crippen LogP contribution in [0.2, 0.25) is 20.5 Å². The van der Waals surface area contributed by atoms with Crippen LogP contribution in [0.5, 0.6) is 0 Å². The van der Waals surface area contributed by atoms with Crippen LogP contribution in [0.15, 0.2) is 89.4 Å². The number of aliphatic imine (C=N–C) groups is 2. The average molecular weight is 1250 g/mol. The summed E-state index contributed by atoms with van der Waals surface area (Å²) < 4.78 is 15.1. The Hall–Kier alpha value is -6.98. The molecule has 6 aromatic heterocycles. The fraction of sp³-hybridized carbons (Fsp3) is 0.426. The maximum Gasteiger partial charge on any atom is 0.248 e. The Morgan fingerprint density at radius 1 is 0.651 bits per heavy atom. The number of amides is 2. The topological polar surface area (TPSA) is 240 Å². The predicted molar refractivity (Wildman–Crippen MR) is 331 cm³/mol. The standard InChI is InChI=1S/C32H39ClN6O3.C13H15ClN4O.C9H8ClN3.C7H7ClN2O.FH/c1-21-15-23(6-7-27(21)33)19-37-12-10-26(11-13-37)39-28(8-9-30(39)41)29(40)18-25-17-24(16-22(2)35-25)32-34-20-38(36-32)31-5-3-4-14-42-31;1-9-6-10(7-11(14)16-9)13-15-8-18(17-13)12-4-2-3-5-19-12;1-6-4-7(5-8(10)13-6)9-11-2-3-12-9;1-4-2-5(7(9)11)3-6(8)10-4;/h6-7,15-17,20,26,28,31H,3-5,8-14,18-19H2,1-2H3;6-8,12H,2-5H2,1H3;2,4-5H,3H2,1H3;2-3H,1H3,(H2,9,11);1H. The lowest BCUT2D eigenvalue weighted by Crippen LogP contribution is -2.50. The van der Waals surface area contributed by atoms with Crippen molar-refractivity contribution in [2.45, 2.75) is 136 Å². The number of halogens is 5. The Balaban J connectivity index is 0.000000178. The first-order chi connectivity index (χ1) is 40.9. The highest BCUT2D eigenvalue weighted by Crippen LogP contribution is 2.31. The quantitative estimate of drug-likeness (QED) is 0.112. The number of aryl methyl sites for hydroxylation is 5. The number of carbonyl (C=O) groups is 3. The number of amidine groups is 1. The smallest absolute Gasteiger partial charge is 0.248 e. The minimum absolute atomic E-state index is 0. The molecule has 4 saturated heterocycles. The van der Waals surface area contributed by atoms with E-state index in [2.05, 4.69) is 67.1 Å². The van der Waals surface area contributed by atoms with E-state index in [9.17, 15) is 14.4 Å². The van der Waals surface area contributed by atoms with Crippen molar-refractivity contribution in [3.05, 3.63) is 151 Å². The number of benzene rings is 1. The van der Waals surface area contributed by atoms with Gasteiger partial charge in [-0.2, -0.15) is 0 Å². The number of piperidine rings is 1. The number of hydrogen-bond donors (Lipinski definition) is 1. The second-order valence-electron chi connectivity index (χ2n) is 21.6. The van der Waals surface area contributed by atoms with E-state index >= 15 is 0 Å². The first-order valence-corrected chi connectivity index (χ1v) is 30.1. The van der Waals surface area contributed by atoms with Gasteiger partial charge in [-0.3, -0.25) is 34.0 Å². The summed E-state index contributed by atoms with van der Waals surface area (Å²) in [6.07, 6.45) is 14.5. The Labute approximate surface area is 519 Å².